The number of benzene rings is 1. The molecule has 0 bridgehead atoms. The number of rotatable bonds is 5. The summed E-state index contributed by atoms with van der Waals surface area (Å²) in [7, 11) is 1.58. The Kier molecular flexibility index (Phi) is 4.50. The number of amides is 2. The van der Waals surface area contributed by atoms with Crippen LogP contribution < -0.4 is 15.8 Å². The van der Waals surface area contributed by atoms with Crippen LogP contribution >= 0.6 is 0 Å². The van der Waals surface area contributed by atoms with E-state index in [1.807, 2.05) is 24.3 Å². The summed E-state index contributed by atoms with van der Waals surface area (Å²) in [5.74, 6) is -0.208. The van der Waals surface area contributed by atoms with Crippen LogP contribution in [0.4, 0.5) is 0 Å². The Morgan fingerprint density at radius 1 is 1.24 bits per heavy atom. The highest BCUT2D eigenvalue weighted by Crippen LogP contribution is 2.16. The second-order valence-electron chi connectivity index (χ2n) is 4.29. The molecule has 0 atom stereocenters. The lowest BCUT2D eigenvalue weighted by atomic mass is 10.2. The number of pyridine rings is 1. The standard InChI is InChI=1S/C15H15N3O3/c1-21-13-5-3-2-4-10(13)8-18-15(20)11-6-7-12(14(16)19)17-9-11/h2-7,9H,8H2,1H3,(H2,16,19)(H,18,20). The number of carbonyl (C=O) groups excluding carboxylic acids is 2. The largest absolute Gasteiger partial charge is 0.496 e. The lowest BCUT2D eigenvalue weighted by Gasteiger charge is -2.09. The minimum absolute atomic E-state index is 0.122. The molecule has 1 heterocycles. The molecule has 21 heavy (non-hydrogen) atoms. The zero-order valence-electron chi connectivity index (χ0n) is 11.5. The second-order valence-corrected chi connectivity index (χ2v) is 4.29. The minimum Gasteiger partial charge on any atom is -0.496 e. The summed E-state index contributed by atoms with van der Waals surface area (Å²) in [5.41, 5.74) is 6.44. The highest BCUT2D eigenvalue weighted by Gasteiger charge is 2.09. The third-order valence-corrected chi connectivity index (χ3v) is 2.91. The van der Waals surface area contributed by atoms with Crippen molar-refractivity contribution in [1.29, 1.82) is 0 Å². The van der Waals surface area contributed by atoms with Crippen LogP contribution in [0, 0.1) is 0 Å². The first kappa shape index (κ1) is 14.5. The highest BCUT2D eigenvalue weighted by molar-refractivity contribution is 5.95. The summed E-state index contributed by atoms with van der Waals surface area (Å²) in [6.07, 6.45) is 1.32. The number of nitrogens with two attached hydrogens (primary N) is 1. The van der Waals surface area contributed by atoms with E-state index in [1.165, 1.54) is 18.3 Å². The van der Waals surface area contributed by atoms with Gasteiger partial charge in [-0.1, -0.05) is 18.2 Å². The van der Waals surface area contributed by atoms with Gasteiger partial charge in [0.25, 0.3) is 11.8 Å². The van der Waals surface area contributed by atoms with Crippen molar-refractivity contribution in [3.05, 3.63) is 59.4 Å². The lowest BCUT2D eigenvalue weighted by Crippen LogP contribution is -2.23. The van der Waals surface area contributed by atoms with Gasteiger partial charge >= 0.3 is 0 Å². The van der Waals surface area contributed by atoms with E-state index >= 15 is 0 Å². The SMILES string of the molecule is COc1ccccc1CNC(=O)c1ccc(C(N)=O)nc1. The molecular weight excluding hydrogens is 270 g/mol. The van der Waals surface area contributed by atoms with Gasteiger partial charge in [-0.25, -0.2) is 0 Å². The number of methoxy groups -OCH3 is 1. The third-order valence-electron chi connectivity index (χ3n) is 2.91. The average molecular weight is 285 g/mol. The van der Waals surface area contributed by atoms with Gasteiger partial charge in [0.05, 0.1) is 12.7 Å². The summed E-state index contributed by atoms with van der Waals surface area (Å²) < 4.78 is 5.21. The van der Waals surface area contributed by atoms with E-state index in [9.17, 15) is 9.59 Å². The summed E-state index contributed by atoms with van der Waals surface area (Å²) in [4.78, 5) is 26.7. The molecule has 6 heteroatoms. The quantitative estimate of drug-likeness (QED) is 0.860. The molecule has 3 N–H and O–H groups in total. The number of hydrogen-bond acceptors (Lipinski definition) is 4. The maximum Gasteiger partial charge on any atom is 0.267 e. The van der Waals surface area contributed by atoms with E-state index in [2.05, 4.69) is 10.3 Å². The van der Waals surface area contributed by atoms with Gasteiger partial charge in [-0.15, -0.1) is 0 Å². The zero-order valence-corrected chi connectivity index (χ0v) is 11.5. The van der Waals surface area contributed by atoms with Gasteiger partial charge in [-0.2, -0.15) is 0 Å². The van der Waals surface area contributed by atoms with Crippen LogP contribution in [0.5, 0.6) is 5.75 Å². The van der Waals surface area contributed by atoms with E-state index in [-0.39, 0.29) is 11.6 Å². The molecule has 1 aromatic carbocycles. The van der Waals surface area contributed by atoms with Crippen LogP contribution in [0.2, 0.25) is 0 Å². The number of hydrogen-bond donors (Lipinski definition) is 2. The molecule has 0 aliphatic heterocycles. The number of ether oxygens (including phenoxy) is 1. The zero-order chi connectivity index (χ0) is 15.2. The molecule has 2 amide bonds. The van der Waals surface area contributed by atoms with Gasteiger partial charge in [0.15, 0.2) is 0 Å². The summed E-state index contributed by atoms with van der Waals surface area (Å²) in [6.45, 7) is 0.334. The molecule has 0 radical (unpaired) electrons. The van der Waals surface area contributed by atoms with Gasteiger partial charge in [-0.05, 0) is 18.2 Å². The Morgan fingerprint density at radius 2 is 2.00 bits per heavy atom. The molecule has 108 valence electrons. The molecular formula is C15H15N3O3. The fourth-order valence-electron chi connectivity index (χ4n) is 1.80. The van der Waals surface area contributed by atoms with Crippen LogP contribution in [0.1, 0.15) is 26.4 Å². The Bertz CT molecular complexity index is 653. The molecule has 1 aromatic heterocycles. The Labute approximate surface area is 121 Å². The number of aromatic nitrogens is 1. The van der Waals surface area contributed by atoms with Crippen molar-refractivity contribution in [3.63, 3.8) is 0 Å². The van der Waals surface area contributed by atoms with Gasteiger partial charge in [0.2, 0.25) is 0 Å². The molecule has 2 rings (SSSR count). The van der Waals surface area contributed by atoms with Crippen molar-refractivity contribution in [3.8, 4) is 5.75 Å². The molecule has 0 fully saturated rings. The summed E-state index contributed by atoms with van der Waals surface area (Å²) >= 11 is 0. The van der Waals surface area contributed by atoms with Crippen LogP contribution in [-0.2, 0) is 6.54 Å². The van der Waals surface area contributed by atoms with Crippen molar-refractivity contribution in [2.75, 3.05) is 7.11 Å². The van der Waals surface area contributed by atoms with Gasteiger partial charge in [0, 0.05) is 18.3 Å². The first-order chi connectivity index (χ1) is 10.1. The van der Waals surface area contributed by atoms with Crippen LogP contribution in [0.25, 0.3) is 0 Å². The topological polar surface area (TPSA) is 94.3 Å². The number of carbonyl (C=O) groups is 2. The van der Waals surface area contributed by atoms with E-state index < -0.39 is 5.91 Å². The maximum absolute atomic E-state index is 12.0. The Hall–Kier alpha value is -2.89. The summed E-state index contributed by atoms with van der Waals surface area (Å²) in [5, 5.41) is 2.76. The van der Waals surface area contributed by atoms with Crippen LogP contribution in [-0.4, -0.2) is 23.9 Å². The smallest absolute Gasteiger partial charge is 0.267 e. The minimum atomic E-state index is -0.629. The predicted molar refractivity (Wildman–Crippen MR) is 76.9 cm³/mol. The van der Waals surface area contributed by atoms with Gasteiger partial charge in [-0.3, -0.25) is 14.6 Å². The molecule has 0 saturated heterocycles. The number of primary amides is 1. The number of para-hydroxylation sites is 1. The Morgan fingerprint density at radius 3 is 2.62 bits per heavy atom. The molecule has 6 nitrogen and oxygen atoms in total. The number of nitrogens with one attached hydrogen (secondary N) is 1. The first-order valence-corrected chi connectivity index (χ1v) is 6.27. The molecule has 0 spiro atoms. The molecule has 0 aliphatic carbocycles. The molecule has 0 saturated carbocycles. The molecule has 2 aromatic rings. The first-order valence-electron chi connectivity index (χ1n) is 6.27. The number of nitrogens with zero attached hydrogens (tertiary/aromatic N) is 1. The van der Waals surface area contributed by atoms with Gasteiger partial charge < -0.3 is 15.8 Å². The van der Waals surface area contributed by atoms with E-state index in [0.29, 0.717) is 17.9 Å². The van der Waals surface area contributed by atoms with Crippen molar-refractivity contribution >= 4 is 11.8 Å². The average Bonchev–Trinajstić information content (AvgIpc) is 2.52. The highest BCUT2D eigenvalue weighted by atomic mass is 16.5. The van der Waals surface area contributed by atoms with E-state index in [4.69, 9.17) is 10.5 Å². The molecule has 0 aliphatic rings. The normalized spacial score (nSPS) is 9.95. The van der Waals surface area contributed by atoms with Gasteiger partial charge in [0.1, 0.15) is 11.4 Å². The Balaban J connectivity index is 2.03. The second kappa shape index (κ2) is 6.51. The van der Waals surface area contributed by atoms with Crippen molar-refractivity contribution in [1.82, 2.24) is 10.3 Å². The van der Waals surface area contributed by atoms with E-state index in [0.717, 1.165) is 5.56 Å². The monoisotopic (exact) mass is 285 g/mol. The van der Waals surface area contributed by atoms with Crippen molar-refractivity contribution in [2.45, 2.75) is 6.54 Å². The lowest BCUT2D eigenvalue weighted by molar-refractivity contribution is 0.0946. The van der Waals surface area contributed by atoms with Crippen LogP contribution in [0.3, 0.4) is 0 Å². The fraction of sp³-hybridized carbons (Fsp3) is 0.133. The fourth-order valence-corrected chi connectivity index (χ4v) is 1.80. The predicted octanol–water partition coefficient (Wildman–Crippen LogP) is 1.12. The van der Waals surface area contributed by atoms with Crippen LogP contribution in [0.15, 0.2) is 42.6 Å². The van der Waals surface area contributed by atoms with Crippen molar-refractivity contribution < 1.29 is 14.3 Å². The third kappa shape index (κ3) is 3.56. The summed E-state index contributed by atoms with van der Waals surface area (Å²) in [6, 6.07) is 10.3. The van der Waals surface area contributed by atoms with Crippen molar-refractivity contribution in [2.24, 2.45) is 5.73 Å². The maximum atomic E-state index is 12.0. The van der Waals surface area contributed by atoms with E-state index in [1.54, 1.807) is 7.11 Å². The molecule has 0 unspecified atom stereocenters.